The summed E-state index contributed by atoms with van der Waals surface area (Å²) in [5, 5.41) is 4.31. The molecule has 0 bridgehead atoms. The molecule has 4 aromatic rings. The van der Waals surface area contributed by atoms with E-state index >= 15 is 0 Å². The first-order chi connectivity index (χ1) is 12.5. The van der Waals surface area contributed by atoms with Crippen molar-refractivity contribution in [3.8, 4) is 0 Å². The number of nitrogens with zero attached hydrogens (tertiary/aromatic N) is 4. The summed E-state index contributed by atoms with van der Waals surface area (Å²) in [5.74, 6) is 0.0794. The summed E-state index contributed by atoms with van der Waals surface area (Å²) in [5.41, 5.74) is 8.46. The van der Waals surface area contributed by atoms with E-state index in [-0.39, 0.29) is 29.5 Å². The van der Waals surface area contributed by atoms with Gasteiger partial charge in [0.15, 0.2) is 5.82 Å². The lowest BCUT2D eigenvalue weighted by molar-refractivity contribution is 0.612. The zero-order chi connectivity index (χ0) is 18.3. The average molecular weight is 369 g/mol. The highest BCUT2D eigenvalue weighted by Crippen LogP contribution is 2.17. The maximum absolute atomic E-state index is 12.9. The summed E-state index contributed by atoms with van der Waals surface area (Å²) < 4.78 is 24.9. The van der Waals surface area contributed by atoms with Gasteiger partial charge < -0.3 is 5.73 Å². The molecule has 2 N–H and O–H groups in total. The zero-order valence-electron chi connectivity index (χ0n) is 13.6. The Hall–Kier alpha value is -3.20. The van der Waals surface area contributed by atoms with E-state index in [4.69, 9.17) is 5.73 Å². The number of benzene rings is 2. The van der Waals surface area contributed by atoms with Crippen molar-refractivity contribution in [2.24, 2.45) is 0 Å². The minimum Gasteiger partial charge on any atom is -0.381 e. The molecular weight excluding hydrogens is 354 g/mol. The van der Waals surface area contributed by atoms with Gasteiger partial charge in [-0.25, -0.2) is 27.3 Å². The Morgan fingerprint density at radius 1 is 1.00 bits per heavy atom. The Bertz CT molecular complexity index is 1260. The Morgan fingerprint density at radius 3 is 2.46 bits per heavy atom. The van der Waals surface area contributed by atoms with E-state index in [2.05, 4.69) is 10.1 Å². The van der Waals surface area contributed by atoms with E-state index in [0.717, 1.165) is 0 Å². The first-order valence-corrected chi connectivity index (χ1v) is 9.23. The van der Waals surface area contributed by atoms with Crippen molar-refractivity contribution in [3.63, 3.8) is 0 Å². The van der Waals surface area contributed by atoms with Crippen molar-refractivity contribution in [1.82, 2.24) is 19.2 Å². The monoisotopic (exact) mass is 369 g/mol. The van der Waals surface area contributed by atoms with Crippen LogP contribution >= 0.6 is 0 Å². The number of para-hydroxylation sites is 2. The van der Waals surface area contributed by atoms with Gasteiger partial charge in [0.25, 0.3) is 0 Å². The fourth-order valence-corrected chi connectivity index (χ4v) is 3.57. The minimum atomic E-state index is -2.57. The van der Waals surface area contributed by atoms with Crippen LogP contribution in [-0.4, -0.2) is 27.6 Å². The predicted molar refractivity (Wildman–Crippen MR) is 98.7 cm³/mol. The van der Waals surface area contributed by atoms with Crippen molar-refractivity contribution in [1.29, 1.82) is 0 Å². The maximum Gasteiger partial charge on any atom is 0.351 e. The fraction of sp³-hybridized carbons (Fsp3) is 0.118. The van der Waals surface area contributed by atoms with E-state index in [1.54, 1.807) is 36.4 Å². The standard InChI is InChI=1S/C17H15N5O3S/c18-15-16-20-21(9-11-5-1-2-6-12(11)10-26(24)25)17(23)22(16)14-8-4-3-7-13(14)19-15/h1-8,26H,9-10H2,(H2,18,19). The van der Waals surface area contributed by atoms with Gasteiger partial charge >= 0.3 is 5.69 Å². The fourth-order valence-electron chi connectivity index (χ4n) is 2.99. The van der Waals surface area contributed by atoms with Crippen LogP contribution in [-0.2, 0) is 23.0 Å². The Labute approximate surface area is 149 Å². The molecule has 0 spiro atoms. The first-order valence-electron chi connectivity index (χ1n) is 7.87. The van der Waals surface area contributed by atoms with E-state index in [0.29, 0.717) is 22.2 Å². The highest BCUT2D eigenvalue weighted by molar-refractivity contribution is 7.71. The van der Waals surface area contributed by atoms with Crippen LogP contribution in [0.1, 0.15) is 11.1 Å². The third kappa shape index (κ3) is 2.72. The second-order valence-electron chi connectivity index (χ2n) is 5.84. The Balaban J connectivity index is 1.89. The molecule has 2 heterocycles. The second-order valence-corrected chi connectivity index (χ2v) is 6.83. The molecule has 0 radical (unpaired) electrons. The smallest absolute Gasteiger partial charge is 0.351 e. The molecule has 0 fully saturated rings. The Kier molecular flexibility index (Phi) is 3.92. The molecule has 0 saturated carbocycles. The van der Waals surface area contributed by atoms with Gasteiger partial charge in [-0.05, 0) is 23.3 Å². The molecule has 9 heteroatoms. The lowest BCUT2D eigenvalue weighted by atomic mass is 10.1. The van der Waals surface area contributed by atoms with E-state index in [1.165, 1.54) is 9.08 Å². The summed E-state index contributed by atoms with van der Waals surface area (Å²) in [4.78, 5) is 17.2. The summed E-state index contributed by atoms with van der Waals surface area (Å²) in [6, 6.07) is 14.2. The van der Waals surface area contributed by atoms with Crippen molar-refractivity contribution >= 4 is 33.2 Å². The van der Waals surface area contributed by atoms with Gasteiger partial charge in [0.2, 0.25) is 5.65 Å². The lowest BCUT2D eigenvalue weighted by Gasteiger charge is -2.05. The number of nitrogen functional groups attached to an aromatic ring is 1. The minimum absolute atomic E-state index is 0.0831. The van der Waals surface area contributed by atoms with Crippen LogP contribution in [0.5, 0.6) is 0 Å². The topological polar surface area (TPSA) is 112 Å². The van der Waals surface area contributed by atoms with Crippen LogP contribution in [0.4, 0.5) is 5.82 Å². The third-order valence-corrected chi connectivity index (χ3v) is 4.77. The van der Waals surface area contributed by atoms with E-state index < -0.39 is 10.7 Å². The van der Waals surface area contributed by atoms with Crippen LogP contribution in [0, 0.1) is 0 Å². The number of fused-ring (bicyclic) bond motifs is 3. The molecule has 0 unspecified atom stereocenters. The van der Waals surface area contributed by atoms with Gasteiger partial charge in [0, 0.05) is 0 Å². The summed E-state index contributed by atoms with van der Waals surface area (Å²) in [6.45, 7) is 0.146. The quantitative estimate of drug-likeness (QED) is 0.514. The number of thiol groups is 1. The van der Waals surface area contributed by atoms with Gasteiger partial charge in [-0.15, -0.1) is 5.10 Å². The third-order valence-electron chi connectivity index (χ3n) is 4.17. The molecule has 8 nitrogen and oxygen atoms in total. The summed E-state index contributed by atoms with van der Waals surface area (Å²) in [6.07, 6.45) is 0. The van der Waals surface area contributed by atoms with E-state index in [1.807, 2.05) is 12.1 Å². The van der Waals surface area contributed by atoms with Crippen molar-refractivity contribution in [2.75, 3.05) is 5.73 Å². The average Bonchev–Trinajstić information content (AvgIpc) is 2.94. The molecule has 0 saturated heterocycles. The molecule has 26 heavy (non-hydrogen) atoms. The number of rotatable bonds is 4. The van der Waals surface area contributed by atoms with Crippen LogP contribution in [0.3, 0.4) is 0 Å². The largest absolute Gasteiger partial charge is 0.381 e. The number of nitrogens with two attached hydrogens (primary N) is 1. The molecule has 4 rings (SSSR count). The summed E-state index contributed by atoms with van der Waals surface area (Å²) in [7, 11) is -2.57. The normalized spacial score (nSPS) is 11.6. The molecule has 0 aliphatic heterocycles. The molecule has 0 aliphatic rings. The number of anilines is 1. The van der Waals surface area contributed by atoms with Gasteiger partial charge in [0.1, 0.15) is 10.7 Å². The summed E-state index contributed by atoms with van der Waals surface area (Å²) >= 11 is 0. The highest BCUT2D eigenvalue weighted by Gasteiger charge is 2.15. The predicted octanol–water partition coefficient (Wildman–Crippen LogP) is 0.786. The molecule has 2 aromatic carbocycles. The zero-order valence-corrected chi connectivity index (χ0v) is 14.5. The number of hydrogen-bond donors (Lipinski definition) is 2. The second kappa shape index (κ2) is 6.26. The van der Waals surface area contributed by atoms with Crippen molar-refractivity contribution in [3.05, 3.63) is 70.1 Å². The van der Waals surface area contributed by atoms with Gasteiger partial charge in [-0.2, -0.15) is 0 Å². The highest BCUT2D eigenvalue weighted by atomic mass is 32.2. The van der Waals surface area contributed by atoms with Gasteiger partial charge in [-0.3, -0.25) is 0 Å². The van der Waals surface area contributed by atoms with Crippen LogP contribution in [0.25, 0.3) is 16.7 Å². The SMILES string of the molecule is Nc1nc2ccccc2n2c(=O)n(Cc3ccccc3C[SH](=O)=O)nc12. The lowest BCUT2D eigenvalue weighted by Crippen LogP contribution is -2.22. The molecule has 132 valence electrons. The molecular formula is C17H15N5O3S. The number of aromatic nitrogens is 4. The van der Waals surface area contributed by atoms with Crippen LogP contribution in [0.15, 0.2) is 53.3 Å². The molecule has 0 amide bonds. The molecule has 0 atom stereocenters. The first kappa shape index (κ1) is 16.3. The van der Waals surface area contributed by atoms with Crippen LogP contribution < -0.4 is 11.4 Å². The molecule has 0 aliphatic carbocycles. The van der Waals surface area contributed by atoms with E-state index in [9.17, 15) is 13.2 Å². The van der Waals surface area contributed by atoms with Crippen LogP contribution in [0.2, 0.25) is 0 Å². The Morgan fingerprint density at radius 2 is 1.69 bits per heavy atom. The van der Waals surface area contributed by atoms with Gasteiger partial charge in [-0.1, -0.05) is 36.4 Å². The number of hydrogen-bond acceptors (Lipinski definition) is 6. The van der Waals surface area contributed by atoms with Crippen molar-refractivity contribution < 1.29 is 8.42 Å². The maximum atomic E-state index is 12.9. The van der Waals surface area contributed by atoms with Gasteiger partial charge in [0.05, 0.1) is 23.3 Å². The van der Waals surface area contributed by atoms with Crippen molar-refractivity contribution in [2.45, 2.75) is 12.3 Å². The molecule has 2 aromatic heterocycles.